The van der Waals surface area contributed by atoms with Gasteiger partial charge in [0, 0.05) is 0 Å². The van der Waals surface area contributed by atoms with Gasteiger partial charge in [-0.25, -0.2) is 0 Å². The van der Waals surface area contributed by atoms with E-state index in [4.69, 9.17) is 4.74 Å². The van der Waals surface area contributed by atoms with Crippen molar-refractivity contribution in [2.24, 2.45) is 5.92 Å². The fourth-order valence-corrected chi connectivity index (χ4v) is 2.55. The van der Waals surface area contributed by atoms with Crippen molar-refractivity contribution in [3.05, 3.63) is 29.8 Å². The van der Waals surface area contributed by atoms with Crippen molar-refractivity contribution in [2.45, 2.75) is 31.9 Å². The van der Waals surface area contributed by atoms with E-state index >= 15 is 0 Å². The van der Waals surface area contributed by atoms with Crippen LogP contribution in [0.2, 0.25) is 0 Å². The van der Waals surface area contributed by atoms with Gasteiger partial charge in [0.15, 0.2) is 0 Å². The second-order valence-corrected chi connectivity index (χ2v) is 5.18. The van der Waals surface area contributed by atoms with E-state index in [2.05, 4.69) is 5.32 Å². The Bertz CT molecular complexity index is 414. The lowest BCUT2D eigenvalue weighted by molar-refractivity contribution is -0.139. The van der Waals surface area contributed by atoms with Crippen molar-refractivity contribution >= 4 is 0 Å². The zero-order valence-electron chi connectivity index (χ0n) is 11.4. The SMILES string of the molecule is FC(F)(F)c1ccccc1OCCCC1CCNCC1. The molecule has 2 nitrogen and oxygen atoms in total. The lowest BCUT2D eigenvalue weighted by atomic mass is 9.93. The molecule has 0 bridgehead atoms. The Hall–Kier alpha value is -1.23. The Morgan fingerprint density at radius 1 is 1.15 bits per heavy atom. The smallest absolute Gasteiger partial charge is 0.419 e. The molecule has 1 heterocycles. The van der Waals surface area contributed by atoms with Crippen molar-refractivity contribution in [1.82, 2.24) is 5.32 Å². The number of nitrogens with one attached hydrogen (secondary N) is 1. The zero-order valence-corrected chi connectivity index (χ0v) is 11.4. The lowest BCUT2D eigenvalue weighted by Crippen LogP contribution is -2.27. The van der Waals surface area contributed by atoms with Crippen LogP contribution in [0.3, 0.4) is 0 Å². The quantitative estimate of drug-likeness (QED) is 0.830. The summed E-state index contributed by atoms with van der Waals surface area (Å²) in [7, 11) is 0. The molecule has 0 radical (unpaired) electrons. The summed E-state index contributed by atoms with van der Waals surface area (Å²) in [5, 5.41) is 3.30. The molecule has 0 aromatic heterocycles. The molecular weight excluding hydrogens is 267 g/mol. The lowest BCUT2D eigenvalue weighted by Gasteiger charge is -2.22. The van der Waals surface area contributed by atoms with Crippen molar-refractivity contribution in [2.75, 3.05) is 19.7 Å². The topological polar surface area (TPSA) is 21.3 Å². The zero-order chi connectivity index (χ0) is 14.4. The molecule has 0 saturated carbocycles. The average molecular weight is 287 g/mol. The minimum Gasteiger partial charge on any atom is -0.493 e. The monoisotopic (exact) mass is 287 g/mol. The fourth-order valence-electron chi connectivity index (χ4n) is 2.55. The first-order valence-corrected chi connectivity index (χ1v) is 7.07. The summed E-state index contributed by atoms with van der Waals surface area (Å²) in [6.07, 6.45) is -0.226. The third-order valence-electron chi connectivity index (χ3n) is 3.67. The minimum absolute atomic E-state index is 0.0645. The van der Waals surface area contributed by atoms with Gasteiger partial charge in [0.1, 0.15) is 5.75 Å². The molecule has 2 rings (SSSR count). The van der Waals surface area contributed by atoms with Crippen LogP contribution in [0.15, 0.2) is 24.3 Å². The van der Waals surface area contributed by atoms with Crippen molar-refractivity contribution in [3.8, 4) is 5.75 Å². The van der Waals surface area contributed by atoms with Crippen LogP contribution in [0.4, 0.5) is 13.2 Å². The summed E-state index contributed by atoms with van der Waals surface area (Å²) in [4.78, 5) is 0. The maximum atomic E-state index is 12.8. The van der Waals surface area contributed by atoms with E-state index < -0.39 is 11.7 Å². The molecule has 1 fully saturated rings. The van der Waals surface area contributed by atoms with E-state index in [-0.39, 0.29) is 5.75 Å². The van der Waals surface area contributed by atoms with E-state index in [1.165, 1.54) is 12.1 Å². The fraction of sp³-hybridized carbons (Fsp3) is 0.600. The highest BCUT2D eigenvalue weighted by Gasteiger charge is 2.33. The number of ether oxygens (including phenoxy) is 1. The molecule has 0 atom stereocenters. The Morgan fingerprint density at radius 2 is 1.85 bits per heavy atom. The summed E-state index contributed by atoms with van der Waals surface area (Å²) in [6, 6.07) is 5.39. The second kappa shape index (κ2) is 6.97. The van der Waals surface area contributed by atoms with E-state index in [0.717, 1.165) is 44.8 Å². The molecule has 112 valence electrons. The number of rotatable bonds is 5. The second-order valence-electron chi connectivity index (χ2n) is 5.18. The average Bonchev–Trinajstić information content (AvgIpc) is 2.44. The highest BCUT2D eigenvalue weighted by atomic mass is 19.4. The molecule has 0 aliphatic carbocycles. The third kappa shape index (κ3) is 4.40. The van der Waals surface area contributed by atoms with Gasteiger partial charge in [0.2, 0.25) is 0 Å². The highest BCUT2D eigenvalue weighted by Crippen LogP contribution is 2.35. The van der Waals surface area contributed by atoms with Crippen molar-refractivity contribution in [1.29, 1.82) is 0 Å². The maximum absolute atomic E-state index is 12.8. The molecule has 1 aliphatic rings. The number of hydrogen-bond acceptors (Lipinski definition) is 2. The number of hydrogen-bond donors (Lipinski definition) is 1. The first-order chi connectivity index (χ1) is 9.57. The van der Waals surface area contributed by atoms with Gasteiger partial charge in [0.25, 0.3) is 0 Å². The van der Waals surface area contributed by atoms with Crippen LogP contribution in [0.1, 0.15) is 31.2 Å². The molecule has 0 unspecified atom stereocenters. The molecular formula is C15H20F3NO. The van der Waals surface area contributed by atoms with Gasteiger partial charge in [-0.3, -0.25) is 0 Å². The van der Waals surface area contributed by atoms with E-state index in [1.807, 2.05) is 0 Å². The van der Waals surface area contributed by atoms with Crippen LogP contribution >= 0.6 is 0 Å². The molecule has 0 amide bonds. The van der Waals surface area contributed by atoms with Crippen LogP contribution in [0.5, 0.6) is 5.75 Å². The maximum Gasteiger partial charge on any atom is 0.419 e. The predicted octanol–water partition coefficient (Wildman–Crippen LogP) is 3.86. The number of halogens is 3. The van der Waals surface area contributed by atoms with Crippen molar-refractivity contribution in [3.63, 3.8) is 0 Å². The van der Waals surface area contributed by atoms with Gasteiger partial charge in [-0.05, 0) is 56.8 Å². The third-order valence-corrected chi connectivity index (χ3v) is 3.67. The Balaban J connectivity index is 1.79. The van der Waals surface area contributed by atoms with Gasteiger partial charge < -0.3 is 10.1 Å². The molecule has 1 aliphatic heterocycles. The Morgan fingerprint density at radius 3 is 2.55 bits per heavy atom. The van der Waals surface area contributed by atoms with E-state index in [1.54, 1.807) is 6.07 Å². The summed E-state index contributed by atoms with van der Waals surface area (Å²) in [5.74, 6) is 0.614. The van der Waals surface area contributed by atoms with Gasteiger partial charge in [-0.1, -0.05) is 12.1 Å². The molecule has 1 aromatic carbocycles. The van der Waals surface area contributed by atoms with Gasteiger partial charge in [-0.15, -0.1) is 0 Å². The number of piperidine rings is 1. The number of benzene rings is 1. The molecule has 1 aromatic rings. The molecule has 20 heavy (non-hydrogen) atoms. The van der Waals surface area contributed by atoms with E-state index in [0.29, 0.717) is 12.5 Å². The Labute approximate surface area is 117 Å². The minimum atomic E-state index is -4.36. The number of para-hydroxylation sites is 1. The van der Waals surface area contributed by atoms with E-state index in [9.17, 15) is 13.2 Å². The summed E-state index contributed by atoms with van der Waals surface area (Å²) < 4.78 is 43.6. The normalized spacial score (nSPS) is 17.1. The number of alkyl halides is 3. The standard InChI is InChI=1S/C15H20F3NO/c16-15(17,18)13-5-1-2-6-14(13)20-11-3-4-12-7-9-19-10-8-12/h1-2,5-6,12,19H,3-4,7-11H2. The molecule has 1 N–H and O–H groups in total. The van der Waals surface area contributed by atoms with Crippen LogP contribution in [0, 0.1) is 5.92 Å². The summed E-state index contributed by atoms with van der Waals surface area (Å²) in [5.41, 5.74) is -0.693. The van der Waals surface area contributed by atoms with Gasteiger partial charge in [-0.2, -0.15) is 13.2 Å². The van der Waals surface area contributed by atoms with Crippen LogP contribution < -0.4 is 10.1 Å². The first kappa shape index (κ1) is 15.2. The summed E-state index contributed by atoms with van der Waals surface area (Å²) in [6.45, 7) is 2.43. The molecule has 5 heteroatoms. The molecule has 0 spiro atoms. The van der Waals surface area contributed by atoms with Gasteiger partial charge >= 0.3 is 6.18 Å². The van der Waals surface area contributed by atoms with Crippen molar-refractivity contribution < 1.29 is 17.9 Å². The van der Waals surface area contributed by atoms with Crippen LogP contribution in [-0.2, 0) is 6.18 Å². The largest absolute Gasteiger partial charge is 0.493 e. The predicted molar refractivity (Wildman–Crippen MR) is 71.8 cm³/mol. The first-order valence-electron chi connectivity index (χ1n) is 7.07. The van der Waals surface area contributed by atoms with Gasteiger partial charge in [0.05, 0.1) is 12.2 Å². The summed E-state index contributed by atoms with van der Waals surface area (Å²) >= 11 is 0. The van der Waals surface area contributed by atoms with Crippen LogP contribution in [0.25, 0.3) is 0 Å². The Kier molecular flexibility index (Phi) is 5.29. The highest BCUT2D eigenvalue weighted by molar-refractivity contribution is 5.35. The molecule has 1 saturated heterocycles. The van der Waals surface area contributed by atoms with Crippen LogP contribution in [-0.4, -0.2) is 19.7 Å².